The summed E-state index contributed by atoms with van der Waals surface area (Å²) in [7, 11) is 0. The van der Waals surface area contributed by atoms with Crippen molar-refractivity contribution in [1.82, 2.24) is 4.90 Å². The fourth-order valence-corrected chi connectivity index (χ4v) is 2.30. The van der Waals surface area contributed by atoms with Crippen LogP contribution in [0.3, 0.4) is 0 Å². The predicted octanol–water partition coefficient (Wildman–Crippen LogP) is 2.02. The minimum atomic E-state index is -0.643. The molecule has 1 aromatic carbocycles. The summed E-state index contributed by atoms with van der Waals surface area (Å²) in [5.74, 6) is -0.0234. The molecule has 1 heterocycles. The molecule has 2 rings (SSSR count). The number of halogens is 1. The van der Waals surface area contributed by atoms with Gasteiger partial charge in [-0.25, -0.2) is 0 Å². The van der Waals surface area contributed by atoms with E-state index in [0.717, 1.165) is 4.47 Å². The van der Waals surface area contributed by atoms with E-state index in [1.807, 2.05) is 6.92 Å². The first kappa shape index (κ1) is 13.4. The number of hydrogen-bond donors (Lipinski definition) is 2. The third-order valence-corrected chi connectivity index (χ3v) is 4.09. The lowest BCUT2D eigenvalue weighted by atomic mass is 9.93. The average Bonchev–Trinajstić information content (AvgIpc) is 2.32. The zero-order valence-corrected chi connectivity index (χ0v) is 11.9. The van der Waals surface area contributed by atoms with Crippen molar-refractivity contribution in [3.63, 3.8) is 0 Å². The van der Waals surface area contributed by atoms with Gasteiger partial charge in [-0.05, 0) is 53.9 Å². The molecule has 0 radical (unpaired) electrons. The molecule has 98 valence electrons. The van der Waals surface area contributed by atoms with Gasteiger partial charge in [0.1, 0.15) is 0 Å². The number of carbonyl (C=O) groups excluding carboxylic acids is 1. The molecule has 5 heteroatoms. The number of nitrogens with two attached hydrogens (primary N) is 1. The molecule has 0 aromatic heterocycles. The number of nitrogens with zero attached hydrogens (tertiary/aromatic N) is 1. The van der Waals surface area contributed by atoms with Crippen molar-refractivity contribution in [2.75, 3.05) is 18.8 Å². The van der Waals surface area contributed by atoms with Crippen LogP contribution < -0.4 is 5.73 Å². The number of piperidine rings is 1. The van der Waals surface area contributed by atoms with E-state index in [1.165, 1.54) is 0 Å². The van der Waals surface area contributed by atoms with Crippen LogP contribution in [-0.2, 0) is 0 Å². The Morgan fingerprint density at radius 1 is 1.44 bits per heavy atom. The van der Waals surface area contributed by atoms with E-state index < -0.39 is 5.60 Å². The summed E-state index contributed by atoms with van der Waals surface area (Å²) in [5.41, 5.74) is 6.28. The van der Waals surface area contributed by atoms with E-state index in [-0.39, 0.29) is 5.91 Å². The number of aliphatic hydroxyl groups is 1. The van der Waals surface area contributed by atoms with Gasteiger partial charge in [0.2, 0.25) is 0 Å². The monoisotopic (exact) mass is 312 g/mol. The number of likely N-dealkylation sites (tertiary alicyclic amines) is 1. The molecule has 0 atom stereocenters. The first-order chi connectivity index (χ1) is 8.39. The van der Waals surface area contributed by atoms with E-state index in [0.29, 0.717) is 37.2 Å². The molecule has 0 bridgehead atoms. The number of rotatable bonds is 1. The van der Waals surface area contributed by atoms with Crippen molar-refractivity contribution in [1.29, 1.82) is 0 Å². The number of hydrogen-bond acceptors (Lipinski definition) is 3. The van der Waals surface area contributed by atoms with E-state index in [2.05, 4.69) is 15.9 Å². The van der Waals surface area contributed by atoms with Crippen molar-refractivity contribution >= 4 is 27.5 Å². The first-order valence-electron chi connectivity index (χ1n) is 5.96. The van der Waals surface area contributed by atoms with Gasteiger partial charge in [0, 0.05) is 28.8 Å². The second-order valence-electron chi connectivity index (χ2n) is 5.03. The first-order valence-corrected chi connectivity index (χ1v) is 6.75. The van der Waals surface area contributed by atoms with E-state index in [1.54, 1.807) is 23.1 Å². The van der Waals surface area contributed by atoms with Crippen molar-refractivity contribution in [2.45, 2.75) is 25.4 Å². The van der Waals surface area contributed by atoms with Gasteiger partial charge in [0.15, 0.2) is 0 Å². The molecule has 1 fully saturated rings. The Balaban J connectivity index is 2.10. The summed E-state index contributed by atoms with van der Waals surface area (Å²) in [5, 5.41) is 9.86. The van der Waals surface area contributed by atoms with Gasteiger partial charge in [0.25, 0.3) is 5.91 Å². The summed E-state index contributed by atoms with van der Waals surface area (Å²) >= 11 is 3.31. The van der Waals surface area contributed by atoms with Crippen molar-refractivity contribution in [3.05, 3.63) is 28.2 Å². The highest BCUT2D eigenvalue weighted by Gasteiger charge is 2.29. The Bertz CT molecular complexity index is 464. The summed E-state index contributed by atoms with van der Waals surface area (Å²) in [6.07, 6.45) is 1.23. The Morgan fingerprint density at radius 2 is 2.06 bits per heavy atom. The van der Waals surface area contributed by atoms with Crippen LogP contribution in [0, 0.1) is 0 Å². The highest BCUT2D eigenvalue weighted by Crippen LogP contribution is 2.24. The average molecular weight is 313 g/mol. The molecule has 1 aliphatic heterocycles. The minimum absolute atomic E-state index is 0.0234. The van der Waals surface area contributed by atoms with Crippen LogP contribution in [0.15, 0.2) is 22.7 Å². The lowest BCUT2D eigenvalue weighted by Gasteiger charge is -2.35. The summed E-state index contributed by atoms with van der Waals surface area (Å²) < 4.78 is 0.792. The SMILES string of the molecule is CC1(O)CCN(C(=O)c2ccc(Br)c(N)c2)CC1. The Hall–Kier alpha value is -1.07. The standard InChI is InChI=1S/C13H17BrN2O2/c1-13(18)4-6-16(7-5-13)12(17)9-2-3-10(14)11(15)8-9/h2-3,8,18H,4-7,15H2,1H3. The third kappa shape index (κ3) is 2.84. The smallest absolute Gasteiger partial charge is 0.253 e. The maximum Gasteiger partial charge on any atom is 0.253 e. The van der Waals surface area contributed by atoms with Gasteiger partial charge in [-0.1, -0.05) is 0 Å². The summed E-state index contributed by atoms with van der Waals surface area (Å²) in [6.45, 7) is 2.98. The van der Waals surface area contributed by atoms with Gasteiger partial charge in [-0.3, -0.25) is 4.79 Å². The minimum Gasteiger partial charge on any atom is -0.398 e. The lowest BCUT2D eigenvalue weighted by Crippen LogP contribution is -2.45. The highest BCUT2D eigenvalue weighted by atomic mass is 79.9. The normalized spacial score (nSPS) is 18.7. The summed E-state index contributed by atoms with van der Waals surface area (Å²) in [6, 6.07) is 5.22. The third-order valence-electron chi connectivity index (χ3n) is 3.37. The quantitative estimate of drug-likeness (QED) is 0.780. The molecule has 4 nitrogen and oxygen atoms in total. The molecule has 0 spiro atoms. The maximum absolute atomic E-state index is 12.2. The van der Waals surface area contributed by atoms with Gasteiger partial charge >= 0.3 is 0 Å². The van der Waals surface area contributed by atoms with Crippen molar-refractivity contribution in [3.8, 4) is 0 Å². The lowest BCUT2D eigenvalue weighted by molar-refractivity contribution is -0.00202. The van der Waals surface area contributed by atoms with Crippen LogP contribution in [0.25, 0.3) is 0 Å². The number of amides is 1. The van der Waals surface area contributed by atoms with Gasteiger partial charge in [-0.2, -0.15) is 0 Å². The Morgan fingerprint density at radius 3 is 2.61 bits per heavy atom. The maximum atomic E-state index is 12.2. The Labute approximate surface area is 115 Å². The number of carbonyl (C=O) groups is 1. The number of anilines is 1. The van der Waals surface area contributed by atoms with Gasteiger partial charge in [0.05, 0.1) is 5.60 Å². The molecule has 1 amide bonds. The van der Waals surface area contributed by atoms with Gasteiger partial charge < -0.3 is 15.7 Å². The molecule has 0 saturated carbocycles. The van der Waals surface area contributed by atoms with E-state index >= 15 is 0 Å². The fourth-order valence-electron chi connectivity index (χ4n) is 2.05. The van der Waals surface area contributed by atoms with Crippen LogP contribution in [0.1, 0.15) is 30.1 Å². The van der Waals surface area contributed by atoms with E-state index in [4.69, 9.17) is 5.73 Å². The molecule has 0 aliphatic carbocycles. The van der Waals surface area contributed by atoms with Crippen molar-refractivity contribution < 1.29 is 9.90 Å². The molecular weight excluding hydrogens is 296 g/mol. The number of benzene rings is 1. The second kappa shape index (κ2) is 4.90. The van der Waals surface area contributed by atoms with Crippen molar-refractivity contribution in [2.24, 2.45) is 0 Å². The van der Waals surface area contributed by atoms with Gasteiger partial charge in [-0.15, -0.1) is 0 Å². The molecule has 3 N–H and O–H groups in total. The second-order valence-corrected chi connectivity index (χ2v) is 5.88. The molecule has 18 heavy (non-hydrogen) atoms. The summed E-state index contributed by atoms with van der Waals surface area (Å²) in [4.78, 5) is 14.0. The van der Waals surface area contributed by atoms with Crippen LogP contribution in [0.5, 0.6) is 0 Å². The topological polar surface area (TPSA) is 66.6 Å². The largest absolute Gasteiger partial charge is 0.398 e. The number of nitrogen functional groups attached to an aromatic ring is 1. The predicted molar refractivity (Wildman–Crippen MR) is 74.3 cm³/mol. The highest BCUT2D eigenvalue weighted by molar-refractivity contribution is 9.10. The zero-order valence-electron chi connectivity index (χ0n) is 10.3. The van der Waals surface area contributed by atoms with Crippen LogP contribution >= 0.6 is 15.9 Å². The van der Waals surface area contributed by atoms with E-state index in [9.17, 15) is 9.90 Å². The molecule has 0 unspecified atom stereocenters. The zero-order chi connectivity index (χ0) is 13.3. The molecular formula is C13H17BrN2O2. The van der Waals surface area contributed by atoms with Crippen LogP contribution in [-0.4, -0.2) is 34.6 Å². The molecule has 1 aliphatic rings. The fraction of sp³-hybridized carbons (Fsp3) is 0.462. The van der Waals surface area contributed by atoms with Crippen LogP contribution in [0.4, 0.5) is 5.69 Å². The molecule has 1 saturated heterocycles. The Kier molecular flexibility index (Phi) is 3.64. The van der Waals surface area contributed by atoms with Crippen LogP contribution in [0.2, 0.25) is 0 Å². The molecule has 1 aromatic rings.